The van der Waals surface area contributed by atoms with Crippen molar-refractivity contribution in [2.24, 2.45) is 5.73 Å². The molecule has 3 N–H and O–H groups in total. The molecule has 0 aliphatic carbocycles. The van der Waals surface area contributed by atoms with Crippen LogP contribution in [0, 0.1) is 0 Å². The summed E-state index contributed by atoms with van der Waals surface area (Å²) in [6, 6.07) is 0.491. The maximum Gasteiger partial charge on any atom is 0.322 e. The van der Waals surface area contributed by atoms with Crippen molar-refractivity contribution >= 4 is 11.9 Å². The van der Waals surface area contributed by atoms with E-state index in [4.69, 9.17) is 10.2 Å². The van der Waals surface area contributed by atoms with Gasteiger partial charge in [0, 0.05) is 18.0 Å². The van der Waals surface area contributed by atoms with Crippen molar-refractivity contribution in [1.82, 2.24) is 15.1 Å². The molecule has 1 aliphatic rings. The molecular weight excluding hydrogens is 270 g/mol. The number of anilines is 1. The molecule has 2 heterocycles. The average Bonchev–Trinajstić information content (AvgIpc) is 2.87. The molecule has 1 aromatic heterocycles. The molecule has 1 aromatic rings. The van der Waals surface area contributed by atoms with Gasteiger partial charge < -0.3 is 10.2 Å². The Hall–Kier alpha value is -1.47. The van der Waals surface area contributed by atoms with Gasteiger partial charge in [0.2, 0.25) is 11.8 Å². The zero-order valence-corrected chi connectivity index (χ0v) is 13.0. The van der Waals surface area contributed by atoms with Crippen LogP contribution >= 0.6 is 0 Å². The third kappa shape index (κ3) is 4.25. The first-order chi connectivity index (χ1) is 9.97. The van der Waals surface area contributed by atoms with Crippen molar-refractivity contribution in [3.05, 3.63) is 5.89 Å². The molecular formula is C14H25N5O2. The van der Waals surface area contributed by atoms with Crippen LogP contribution in [0.4, 0.5) is 6.01 Å². The normalized spacial score (nSPS) is 21.5. The number of carbonyl (C=O) groups excluding carboxylic acids is 1. The molecule has 0 spiro atoms. The van der Waals surface area contributed by atoms with Crippen LogP contribution in [0.15, 0.2) is 4.42 Å². The molecule has 0 aromatic carbocycles. The van der Waals surface area contributed by atoms with E-state index in [1.165, 1.54) is 6.42 Å². The number of nitrogens with one attached hydrogen (secondary N) is 1. The van der Waals surface area contributed by atoms with Crippen LogP contribution < -0.4 is 11.1 Å². The van der Waals surface area contributed by atoms with Gasteiger partial charge >= 0.3 is 6.01 Å². The van der Waals surface area contributed by atoms with Gasteiger partial charge in [0.1, 0.15) is 0 Å². The molecule has 7 nitrogen and oxygen atoms in total. The Bertz CT molecular complexity index is 472. The van der Waals surface area contributed by atoms with Crippen LogP contribution in [0.1, 0.15) is 51.8 Å². The Balaban J connectivity index is 1.90. The van der Waals surface area contributed by atoms with E-state index in [2.05, 4.69) is 20.4 Å². The molecule has 7 heteroatoms. The predicted octanol–water partition coefficient (Wildman–Crippen LogP) is 1.33. The van der Waals surface area contributed by atoms with Gasteiger partial charge in [-0.2, -0.15) is 0 Å². The highest BCUT2D eigenvalue weighted by Crippen LogP contribution is 2.19. The van der Waals surface area contributed by atoms with Crippen molar-refractivity contribution < 1.29 is 9.21 Å². The van der Waals surface area contributed by atoms with Crippen LogP contribution in [0.2, 0.25) is 0 Å². The standard InChI is InChI=1S/C14H25N5O2/c1-9(2)13-17-18-14(21-13)16-12(20)8-19-7-5-4-6-11(19)10(3)15/h9-11H,4-8,15H2,1-3H3,(H,16,18,20). The topological polar surface area (TPSA) is 97.3 Å². The first-order valence-electron chi connectivity index (χ1n) is 7.60. The lowest BCUT2D eigenvalue weighted by Gasteiger charge is -2.37. The molecule has 118 valence electrons. The second-order valence-corrected chi connectivity index (χ2v) is 6.04. The van der Waals surface area contributed by atoms with Gasteiger partial charge in [-0.15, -0.1) is 5.10 Å². The number of likely N-dealkylation sites (tertiary alicyclic amines) is 1. The third-order valence-electron chi connectivity index (χ3n) is 3.80. The second kappa shape index (κ2) is 7.00. The molecule has 2 unspecified atom stereocenters. The minimum absolute atomic E-state index is 0.0639. The zero-order valence-electron chi connectivity index (χ0n) is 13.0. The van der Waals surface area contributed by atoms with Gasteiger partial charge in [-0.05, 0) is 26.3 Å². The minimum Gasteiger partial charge on any atom is -0.408 e. The number of hydrogen-bond donors (Lipinski definition) is 2. The van der Waals surface area contributed by atoms with Gasteiger partial charge in [-0.3, -0.25) is 15.0 Å². The molecule has 1 amide bonds. The number of nitrogens with zero attached hydrogens (tertiary/aromatic N) is 3. The third-order valence-corrected chi connectivity index (χ3v) is 3.80. The van der Waals surface area contributed by atoms with Crippen LogP contribution in [0.3, 0.4) is 0 Å². The van der Waals surface area contributed by atoms with Gasteiger partial charge in [0.15, 0.2) is 0 Å². The Morgan fingerprint density at radius 1 is 1.43 bits per heavy atom. The monoisotopic (exact) mass is 295 g/mol. The summed E-state index contributed by atoms with van der Waals surface area (Å²) < 4.78 is 5.38. The van der Waals surface area contributed by atoms with Crippen molar-refractivity contribution in [2.75, 3.05) is 18.4 Å². The summed E-state index contributed by atoms with van der Waals surface area (Å²) in [5.41, 5.74) is 6.01. The Morgan fingerprint density at radius 3 is 2.81 bits per heavy atom. The van der Waals surface area contributed by atoms with E-state index in [1.54, 1.807) is 0 Å². The highest BCUT2D eigenvalue weighted by molar-refractivity contribution is 5.90. The van der Waals surface area contributed by atoms with E-state index >= 15 is 0 Å². The number of piperidine rings is 1. The van der Waals surface area contributed by atoms with Gasteiger partial charge in [0.05, 0.1) is 6.54 Å². The quantitative estimate of drug-likeness (QED) is 0.850. The molecule has 2 atom stereocenters. The fourth-order valence-electron chi connectivity index (χ4n) is 2.67. The largest absolute Gasteiger partial charge is 0.408 e. The highest BCUT2D eigenvalue weighted by atomic mass is 16.4. The van der Waals surface area contributed by atoms with Crippen LogP contribution in [-0.2, 0) is 4.79 Å². The average molecular weight is 295 g/mol. The number of carbonyl (C=O) groups is 1. The maximum atomic E-state index is 12.1. The Kier molecular flexibility index (Phi) is 5.30. The summed E-state index contributed by atoms with van der Waals surface area (Å²) in [5.74, 6) is 0.533. The van der Waals surface area contributed by atoms with E-state index in [0.29, 0.717) is 12.4 Å². The molecule has 1 aliphatic heterocycles. The van der Waals surface area contributed by atoms with Crippen LogP contribution in [0.25, 0.3) is 0 Å². The Labute approximate surface area is 125 Å². The number of amides is 1. The number of aromatic nitrogens is 2. The first kappa shape index (κ1) is 15.9. The summed E-state index contributed by atoms with van der Waals surface area (Å²) in [5, 5.41) is 10.4. The predicted molar refractivity (Wildman–Crippen MR) is 79.9 cm³/mol. The van der Waals surface area contributed by atoms with E-state index in [-0.39, 0.29) is 29.9 Å². The maximum absolute atomic E-state index is 12.1. The smallest absolute Gasteiger partial charge is 0.322 e. The lowest BCUT2D eigenvalue weighted by molar-refractivity contribution is -0.118. The second-order valence-electron chi connectivity index (χ2n) is 6.04. The van der Waals surface area contributed by atoms with Gasteiger partial charge in [-0.25, -0.2) is 0 Å². The fraction of sp³-hybridized carbons (Fsp3) is 0.786. The molecule has 0 radical (unpaired) electrons. The van der Waals surface area contributed by atoms with Crippen molar-refractivity contribution in [3.8, 4) is 0 Å². The number of rotatable bonds is 5. The molecule has 0 bridgehead atoms. The molecule has 1 saturated heterocycles. The van der Waals surface area contributed by atoms with Crippen molar-refractivity contribution in [2.45, 2.75) is 58.0 Å². The van der Waals surface area contributed by atoms with Gasteiger partial charge in [-0.1, -0.05) is 25.4 Å². The van der Waals surface area contributed by atoms with E-state index in [0.717, 1.165) is 19.4 Å². The highest BCUT2D eigenvalue weighted by Gasteiger charge is 2.27. The SMILES string of the molecule is CC(C)c1nnc(NC(=O)CN2CCCCC2C(C)N)o1. The summed E-state index contributed by atoms with van der Waals surface area (Å²) in [6.07, 6.45) is 3.32. The number of hydrogen-bond acceptors (Lipinski definition) is 6. The summed E-state index contributed by atoms with van der Waals surface area (Å²) in [6.45, 7) is 7.13. The Morgan fingerprint density at radius 2 is 2.19 bits per heavy atom. The first-order valence-corrected chi connectivity index (χ1v) is 7.60. The molecule has 1 fully saturated rings. The molecule has 0 saturated carbocycles. The summed E-state index contributed by atoms with van der Waals surface area (Å²) >= 11 is 0. The summed E-state index contributed by atoms with van der Waals surface area (Å²) in [7, 11) is 0. The van der Waals surface area contributed by atoms with Gasteiger partial charge in [0.25, 0.3) is 0 Å². The van der Waals surface area contributed by atoms with Crippen molar-refractivity contribution in [1.29, 1.82) is 0 Å². The lowest BCUT2D eigenvalue weighted by atomic mass is 9.97. The van der Waals surface area contributed by atoms with Crippen LogP contribution in [0.5, 0.6) is 0 Å². The summed E-state index contributed by atoms with van der Waals surface area (Å²) in [4.78, 5) is 14.2. The van der Waals surface area contributed by atoms with Crippen molar-refractivity contribution in [3.63, 3.8) is 0 Å². The molecule has 21 heavy (non-hydrogen) atoms. The van der Waals surface area contributed by atoms with E-state index in [1.807, 2.05) is 20.8 Å². The minimum atomic E-state index is -0.137. The van der Waals surface area contributed by atoms with E-state index in [9.17, 15) is 4.79 Å². The van der Waals surface area contributed by atoms with Crippen LogP contribution in [-0.4, -0.2) is 46.2 Å². The molecule has 2 rings (SSSR count). The lowest BCUT2D eigenvalue weighted by Crippen LogP contribution is -2.51. The van der Waals surface area contributed by atoms with E-state index < -0.39 is 0 Å². The fourth-order valence-corrected chi connectivity index (χ4v) is 2.67. The number of nitrogens with two attached hydrogens (primary N) is 1. The zero-order chi connectivity index (χ0) is 15.4.